The molecule has 1 aromatic heterocycles. The Morgan fingerprint density at radius 1 is 1.08 bits per heavy atom. The number of aromatic nitrogens is 3. The van der Waals surface area contributed by atoms with Crippen LogP contribution in [0.25, 0.3) is 0 Å². The Hall–Kier alpha value is -3.45. The minimum Gasteiger partial charge on any atom is -0.493 e. The van der Waals surface area contributed by atoms with Crippen LogP contribution in [0.5, 0.6) is 11.5 Å². The Morgan fingerprint density at radius 2 is 1.81 bits per heavy atom. The third-order valence-corrected chi connectivity index (χ3v) is 6.36. The number of carbonyl (C=O) groups is 2. The van der Waals surface area contributed by atoms with Gasteiger partial charge in [-0.05, 0) is 43.3 Å². The number of rotatable bonds is 10. The number of nitrogens with zero attached hydrogens (tertiary/aromatic N) is 3. The van der Waals surface area contributed by atoms with Gasteiger partial charge >= 0.3 is 6.18 Å². The highest BCUT2D eigenvalue weighted by Crippen LogP contribution is 2.34. The summed E-state index contributed by atoms with van der Waals surface area (Å²) in [5.74, 6) is 0.280. The minimum absolute atomic E-state index is 0.0180. The summed E-state index contributed by atoms with van der Waals surface area (Å²) < 4.78 is 51.0. The fourth-order valence-corrected chi connectivity index (χ4v) is 4.21. The van der Waals surface area contributed by atoms with E-state index < -0.39 is 17.6 Å². The zero-order valence-corrected chi connectivity index (χ0v) is 21.6. The van der Waals surface area contributed by atoms with Gasteiger partial charge in [0.15, 0.2) is 22.5 Å². The Kier molecular flexibility index (Phi) is 9.27. The lowest BCUT2D eigenvalue weighted by atomic mass is 10.2. The molecule has 2 amide bonds. The number of methoxy groups -OCH3 is 2. The lowest BCUT2D eigenvalue weighted by molar-refractivity contribution is -0.137. The van der Waals surface area contributed by atoms with Crippen molar-refractivity contribution < 1.29 is 32.2 Å². The summed E-state index contributed by atoms with van der Waals surface area (Å²) in [5, 5.41) is 13.7. The van der Waals surface area contributed by atoms with Crippen LogP contribution in [0, 0.1) is 0 Å². The normalized spacial score (nSPS) is 11.2. The third-order valence-electron chi connectivity index (χ3n) is 5.06. The van der Waals surface area contributed by atoms with Crippen molar-refractivity contribution in [2.24, 2.45) is 0 Å². The molecule has 0 atom stereocenters. The maximum atomic E-state index is 13.0. The van der Waals surface area contributed by atoms with E-state index in [1.807, 2.05) is 6.92 Å². The molecule has 0 radical (unpaired) electrons. The van der Waals surface area contributed by atoms with Crippen molar-refractivity contribution in [1.29, 1.82) is 0 Å². The third kappa shape index (κ3) is 7.07. The van der Waals surface area contributed by atoms with Crippen LogP contribution in [0.15, 0.2) is 41.6 Å². The number of hydrogen-bond donors (Lipinski definition) is 2. The first kappa shape index (κ1) is 28.1. The van der Waals surface area contributed by atoms with E-state index in [4.69, 9.17) is 21.1 Å². The molecule has 1 heterocycles. The van der Waals surface area contributed by atoms with Crippen molar-refractivity contribution in [3.8, 4) is 11.5 Å². The summed E-state index contributed by atoms with van der Waals surface area (Å²) in [4.78, 5) is 25.0. The molecule has 0 aliphatic heterocycles. The maximum absolute atomic E-state index is 13.0. The van der Waals surface area contributed by atoms with Gasteiger partial charge in [-0.15, -0.1) is 10.2 Å². The van der Waals surface area contributed by atoms with Crippen LogP contribution in [0.1, 0.15) is 28.7 Å². The van der Waals surface area contributed by atoms with E-state index in [0.29, 0.717) is 34.6 Å². The van der Waals surface area contributed by atoms with E-state index in [2.05, 4.69) is 20.8 Å². The Balaban J connectivity index is 1.61. The first-order valence-electron chi connectivity index (χ1n) is 10.8. The lowest BCUT2D eigenvalue weighted by Gasteiger charge is -2.12. The number of amides is 2. The minimum atomic E-state index is -4.57. The van der Waals surface area contributed by atoms with E-state index in [9.17, 15) is 22.8 Å². The van der Waals surface area contributed by atoms with Crippen LogP contribution in [0.4, 0.5) is 18.9 Å². The van der Waals surface area contributed by atoms with Crippen molar-refractivity contribution in [2.75, 3.05) is 25.3 Å². The molecule has 2 aromatic carbocycles. The Labute approximate surface area is 219 Å². The summed E-state index contributed by atoms with van der Waals surface area (Å²) in [6.07, 6.45) is -4.57. The van der Waals surface area contributed by atoms with Crippen molar-refractivity contribution >= 4 is 40.9 Å². The van der Waals surface area contributed by atoms with E-state index >= 15 is 0 Å². The average Bonchev–Trinajstić information content (AvgIpc) is 3.27. The number of anilines is 1. The highest BCUT2D eigenvalue weighted by molar-refractivity contribution is 7.99. The highest BCUT2D eigenvalue weighted by Gasteiger charge is 2.31. The number of halogens is 4. The van der Waals surface area contributed by atoms with Gasteiger partial charge in [0.1, 0.15) is 0 Å². The van der Waals surface area contributed by atoms with Crippen LogP contribution in [0.3, 0.4) is 0 Å². The molecule has 0 bridgehead atoms. The highest BCUT2D eigenvalue weighted by atomic mass is 35.5. The number of thioether (sulfide) groups is 1. The second kappa shape index (κ2) is 12.2. The lowest BCUT2D eigenvalue weighted by Crippen LogP contribution is -2.25. The van der Waals surface area contributed by atoms with Crippen LogP contribution < -0.4 is 20.1 Å². The Bertz CT molecular complexity index is 1290. The molecule has 0 saturated carbocycles. The number of ether oxygens (including phenoxy) is 2. The van der Waals surface area contributed by atoms with Gasteiger partial charge in [0.05, 0.1) is 42.8 Å². The van der Waals surface area contributed by atoms with Gasteiger partial charge in [-0.3, -0.25) is 9.59 Å². The molecular weight excluding hydrogens is 535 g/mol. The van der Waals surface area contributed by atoms with E-state index in [1.54, 1.807) is 22.8 Å². The molecule has 0 unspecified atom stereocenters. The first-order chi connectivity index (χ1) is 17.6. The molecule has 3 rings (SSSR count). The topological polar surface area (TPSA) is 107 Å². The second-order valence-corrected chi connectivity index (χ2v) is 8.77. The zero-order chi connectivity index (χ0) is 27.2. The van der Waals surface area contributed by atoms with E-state index in [0.717, 1.165) is 30.0 Å². The standard InChI is InChI=1S/C23H23ClF3N5O4S/c1-4-32-19(11-28-21(34)13-5-8-17(35-2)18(9-13)36-3)30-31-22(32)37-12-20(33)29-16-10-14(23(25,26)27)6-7-15(16)24/h5-10H,4,11-12H2,1-3H3,(H,28,34)(H,29,33). The van der Waals surface area contributed by atoms with Crippen LogP contribution >= 0.6 is 23.4 Å². The van der Waals surface area contributed by atoms with Crippen LogP contribution in [0.2, 0.25) is 5.02 Å². The quantitative estimate of drug-likeness (QED) is 0.349. The van der Waals surface area contributed by atoms with Crippen molar-refractivity contribution in [3.63, 3.8) is 0 Å². The monoisotopic (exact) mass is 557 g/mol. The fraction of sp³-hybridized carbons (Fsp3) is 0.304. The van der Waals surface area contributed by atoms with Gasteiger partial charge in [0.25, 0.3) is 5.91 Å². The fourth-order valence-electron chi connectivity index (χ4n) is 3.23. The van der Waals surface area contributed by atoms with Gasteiger partial charge in [0, 0.05) is 12.1 Å². The predicted molar refractivity (Wildman–Crippen MR) is 132 cm³/mol. The molecule has 9 nitrogen and oxygen atoms in total. The predicted octanol–water partition coefficient (Wildman–Crippen LogP) is 4.65. The SMILES string of the molecule is CCn1c(CNC(=O)c2ccc(OC)c(OC)c2)nnc1SCC(=O)Nc1cc(C(F)(F)F)ccc1Cl. The molecular formula is C23H23ClF3N5O4S. The molecule has 198 valence electrons. The molecule has 0 aliphatic rings. The molecule has 0 aliphatic carbocycles. The number of nitrogens with one attached hydrogen (secondary N) is 2. The molecule has 3 aromatic rings. The van der Waals surface area contributed by atoms with Gasteiger partial charge in [0.2, 0.25) is 5.91 Å². The number of benzene rings is 2. The van der Waals surface area contributed by atoms with Gasteiger partial charge in [-0.1, -0.05) is 23.4 Å². The molecule has 14 heteroatoms. The van der Waals surface area contributed by atoms with Crippen LogP contribution in [-0.2, 0) is 24.1 Å². The van der Waals surface area contributed by atoms with Gasteiger partial charge < -0.3 is 24.7 Å². The van der Waals surface area contributed by atoms with Crippen molar-refractivity contribution in [2.45, 2.75) is 31.3 Å². The molecule has 0 spiro atoms. The molecule has 2 N–H and O–H groups in total. The average molecular weight is 558 g/mol. The first-order valence-corrected chi connectivity index (χ1v) is 12.1. The summed E-state index contributed by atoms with van der Waals surface area (Å²) in [6, 6.07) is 7.45. The summed E-state index contributed by atoms with van der Waals surface area (Å²) >= 11 is 6.98. The zero-order valence-electron chi connectivity index (χ0n) is 20.0. The van der Waals surface area contributed by atoms with E-state index in [1.165, 1.54) is 14.2 Å². The number of carbonyl (C=O) groups excluding carboxylic acids is 2. The Morgan fingerprint density at radius 3 is 2.46 bits per heavy atom. The molecule has 0 saturated heterocycles. The second-order valence-electron chi connectivity index (χ2n) is 7.42. The summed E-state index contributed by atoms with van der Waals surface area (Å²) in [7, 11) is 2.96. The van der Waals surface area contributed by atoms with Crippen LogP contribution in [-0.4, -0.2) is 46.6 Å². The van der Waals surface area contributed by atoms with Crippen molar-refractivity contribution in [3.05, 3.63) is 58.4 Å². The van der Waals surface area contributed by atoms with Crippen molar-refractivity contribution in [1.82, 2.24) is 20.1 Å². The van der Waals surface area contributed by atoms with E-state index in [-0.39, 0.29) is 28.9 Å². The molecule has 37 heavy (non-hydrogen) atoms. The smallest absolute Gasteiger partial charge is 0.416 e. The largest absolute Gasteiger partial charge is 0.493 e. The maximum Gasteiger partial charge on any atom is 0.416 e. The molecule has 0 fully saturated rings. The number of hydrogen-bond acceptors (Lipinski definition) is 7. The summed E-state index contributed by atoms with van der Waals surface area (Å²) in [6.45, 7) is 2.37. The van der Waals surface area contributed by atoms with Gasteiger partial charge in [-0.25, -0.2) is 0 Å². The number of alkyl halides is 3. The van der Waals surface area contributed by atoms with Gasteiger partial charge in [-0.2, -0.15) is 13.2 Å². The summed E-state index contributed by atoms with van der Waals surface area (Å²) in [5.41, 5.74) is -0.706.